The normalized spacial score (nSPS) is 22.0. The van der Waals surface area contributed by atoms with Crippen molar-refractivity contribution in [2.45, 2.75) is 38.8 Å². The number of halogens is 1. The molecule has 0 saturated carbocycles. The summed E-state index contributed by atoms with van der Waals surface area (Å²) in [6, 6.07) is 0.273. The summed E-state index contributed by atoms with van der Waals surface area (Å²) in [4.78, 5) is 2.31. The molecule has 1 atom stereocenters. The molecule has 2 rings (SSSR count). The molecular weight excluding hydrogens is 238 g/mol. The quantitative estimate of drug-likeness (QED) is 0.897. The van der Waals surface area contributed by atoms with Crippen LogP contribution >= 0.6 is 11.6 Å². The van der Waals surface area contributed by atoms with Crippen molar-refractivity contribution in [2.75, 3.05) is 13.2 Å². The summed E-state index contributed by atoms with van der Waals surface area (Å²) in [5, 5.41) is 14.5. The zero-order valence-corrected chi connectivity index (χ0v) is 11.2. The van der Waals surface area contributed by atoms with E-state index in [9.17, 15) is 5.11 Å². The van der Waals surface area contributed by atoms with E-state index in [1.165, 1.54) is 12.8 Å². The Morgan fingerprint density at radius 3 is 2.82 bits per heavy atom. The van der Waals surface area contributed by atoms with E-state index in [4.69, 9.17) is 11.6 Å². The standard InChI is InChI=1S/C12H20ClN3O/c1-9-12(13)11(15(2)14-9)7-16-6-4-3-5-10(16)8-17/h10,17H,3-8H2,1-2H3. The molecule has 1 unspecified atom stereocenters. The fourth-order valence-electron chi connectivity index (χ4n) is 2.52. The first kappa shape index (κ1) is 12.9. The molecule has 1 fully saturated rings. The fraction of sp³-hybridized carbons (Fsp3) is 0.750. The Morgan fingerprint density at radius 2 is 2.24 bits per heavy atom. The van der Waals surface area contributed by atoms with E-state index in [0.717, 1.165) is 35.9 Å². The zero-order chi connectivity index (χ0) is 12.4. The van der Waals surface area contributed by atoms with Crippen LogP contribution in [0.4, 0.5) is 0 Å². The second-order valence-electron chi connectivity index (χ2n) is 4.77. The lowest BCUT2D eigenvalue weighted by Crippen LogP contribution is -2.41. The maximum absolute atomic E-state index is 9.39. The molecule has 0 aliphatic carbocycles. The summed E-state index contributed by atoms with van der Waals surface area (Å²) in [5.41, 5.74) is 1.92. The van der Waals surface area contributed by atoms with Crippen LogP contribution in [0.25, 0.3) is 0 Å². The number of hydrogen-bond donors (Lipinski definition) is 1. The number of aromatic nitrogens is 2. The number of aliphatic hydroxyl groups excluding tert-OH is 1. The Balaban J connectivity index is 2.13. The molecule has 0 aromatic carbocycles. The van der Waals surface area contributed by atoms with Gasteiger partial charge in [0.1, 0.15) is 0 Å². The largest absolute Gasteiger partial charge is 0.395 e. The maximum Gasteiger partial charge on any atom is 0.0860 e. The molecule has 0 amide bonds. The molecule has 1 N–H and O–H groups in total. The molecule has 1 aliphatic heterocycles. The molecule has 1 saturated heterocycles. The van der Waals surface area contributed by atoms with Crippen molar-refractivity contribution >= 4 is 11.6 Å². The van der Waals surface area contributed by atoms with Gasteiger partial charge in [0.25, 0.3) is 0 Å². The van der Waals surface area contributed by atoms with Gasteiger partial charge in [-0.3, -0.25) is 9.58 Å². The molecule has 5 heteroatoms. The highest BCUT2D eigenvalue weighted by atomic mass is 35.5. The summed E-state index contributed by atoms with van der Waals surface area (Å²) < 4.78 is 1.85. The molecule has 96 valence electrons. The van der Waals surface area contributed by atoms with Crippen LogP contribution in [-0.4, -0.2) is 39.0 Å². The molecule has 2 heterocycles. The molecule has 0 radical (unpaired) electrons. The molecule has 1 aromatic rings. The summed E-state index contributed by atoms with van der Waals surface area (Å²) in [5.74, 6) is 0. The predicted octanol–water partition coefficient (Wildman–Crippen LogP) is 1.73. The van der Waals surface area contributed by atoms with E-state index < -0.39 is 0 Å². The first-order valence-electron chi connectivity index (χ1n) is 6.16. The van der Waals surface area contributed by atoms with Crippen molar-refractivity contribution in [3.63, 3.8) is 0 Å². The Labute approximate surface area is 107 Å². The lowest BCUT2D eigenvalue weighted by atomic mass is 10.0. The highest BCUT2D eigenvalue weighted by Gasteiger charge is 2.24. The predicted molar refractivity (Wildman–Crippen MR) is 68.1 cm³/mol. The molecule has 0 spiro atoms. The van der Waals surface area contributed by atoms with Gasteiger partial charge in [-0.1, -0.05) is 18.0 Å². The van der Waals surface area contributed by atoms with Crippen molar-refractivity contribution < 1.29 is 5.11 Å². The second kappa shape index (κ2) is 5.38. The highest BCUT2D eigenvalue weighted by Crippen LogP contribution is 2.24. The minimum Gasteiger partial charge on any atom is -0.395 e. The lowest BCUT2D eigenvalue weighted by molar-refractivity contribution is 0.0821. The molecular formula is C12H20ClN3O. The Morgan fingerprint density at radius 1 is 1.47 bits per heavy atom. The van der Waals surface area contributed by atoms with Gasteiger partial charge in [-0.15, -0.1) is 0 Å². The van der Waals surface area contributed by atoms with E-state index in [2.05, 4.69) is 10.00 Å². The van der Waals surface area contributed by atoms with Gasteiger partial charge in [-0.2, -0.15) is 5.10 Å². The van der Waals surface area contributed by atoms with Crippen molar-refractivity contribution in [1.29, 1.82) is 0 Å². The molecule has 1 aliphatic rings. The van der Waals surface area contributed by atoms with E-state index >= 15 is 0 Å². The van der Waals surface area contributed by atoms with E-state index in [-0.39, 0.29) is 12.6 Å². The van der Waals surface area contributed by atoms with Crippen molar-refractivity contribution in [3.8, 4) is 0 Å². The van der Waals surface area contributed by atoms with Gasteiger partial charge in [0.05, 0.1) is 23.0 Å². The topological polar surface area (TPSA) is 41.3 Å². The van der Waals surface area contributed by atoms with Crippen LogP contribution in [0.2, 0.25) is 5.02 Å². The van der Waals surface area contributed by atoms with Gasteiger partial charge < -0.3 is 5.11 Å². The molecule has 17 heavy (non-hydrogen) atoms. The SMILES string of the molecule is Cc1nn(C)c(CN2CCCCC2CO)c1Cl. The number of aliphatic hydroxyl groups is 1. The third kappa shape index (κ3) is 2.64. The van der Waals surface area contributed by atoms with Crippen LogP contribution in [0.3, 0.4) is 0 Å². The van der Waals surface area contributed by atoms with Crippen molar-refractivity contribution in [2.24, 2.45) is 7.05 Å². The first-order valence-corrected chi connectivity index (χ1v) is 6.54. The first-order chi connectivity index (χ1) is 8.13. The molecule has 4 nitrogen and oxygen atoms in total. The lowest BCUT2D eigenvalue weighted by Gasteiger charge is -2.34. The average Bonchev–Trinajstić information content (AvgIpc) is 2.57. The van der Waals surface area contributed by atoms with Crippen molar-refractivity contribution in [1.82, 2.24) is 14.7 Å². The monoisotopic (exact) mass is 257 g/mol. The fourth-order valence-corrected chi connectivity index (χ4v) is 2.74. The maximum atomic E-state index is 9.39. The number of piperidine rings is 1. The second-order valence-corrected chi connectivity index (χ2v) is 5.15. The number of nitrogens with zero attached hydrogens (tertiary/aromatic N) is 3. The summed E-state index contributed by atoms with van der Waals surface area (Å²) in [7, 11) is 1.92. The third-order valence-corrected chi connectivity index (χ3v) is 4.07. The number of rotatable bonds is 3. The van der Waals surface area contributed by atoms with Crippen molar-refractivity contribution in [3.05, 3.63) is 16.4 Å². The van der Waals surface area contributed by atoms with Crippen LogP contribution in [0.1, 0.15) is 30.7 Å². The number of hydrogen-bond acceptors (Lipinski definition) is 3. The van der Waals surface area contributed by atoms with E-state index in [0.29, 0.717) is 0 Å². The van der Waals surface area contributed by atoms with Gasteiger partial charge in [0.15, 0.2) is 0 Å². The van der Waals surface area contributed by atoms with Gasteiger partial charge in [-0.25, -0.2) is 0 Å². The summed E-state index contributed by atoms with van der Waals surface area (Å²) in [6.45, 7) is 3.97. The van der Waals surface area contributed by atoms with Gasteiger partial charge >= 0.3 is 0 Å². The summed E-state index contributed by atoms with van der Waals surface area (Å²) in [6.07, 6.45) is 3.48. The smallest absolute Gasteiger partial charge is 0.0860 e. The highest BCUT2D eigenvalue weighted by molar-refractivity contribution is 6.31. The minimum atomic E-state index is 0.231. The van der Waals surface area contributed by atoms with Gasteiger partial charge in [0.2, 0.25) is 0 Å². The number of likely N-dealkylation sites (tertiary alicyclic amines) is 1. The van der Waals surface area contributed by atoms with Gasteiger partial charge in [-0.05, 0) is 26.3 Å². The van der Waals surface area contributed by atoms with Crippen LogP contribution in [0.5, 0.6) is 0 Å². The van der Waals surface area contributed by atoms with Crippen LogP contribution in [0.15, 0.2) is 0 Å². The minimum absolute atomic E-state index is 0.231. The van der Waals surface area contributed by atoms with Crippen LogP contribution in [-0.2, 0) is 13.6 Å². The third-order valence-electron chi connectivity index (χ3n) is 3.57. The molecule has 0 bridgehead atoms. The van der Waals surface area contributed by atoms with Crippen LogP contribution in [0, 0.1) is 6.92 Å². The van der Waals surface area contributed by atoms with Gasteiger partial charge in [0, 0.05) is 19.6 Å². The zero-order valence-electron chi connectivity index (χ0n) is 10.5. The van der Waals surface area contributed by atoms with E-state index in [1.54, 1.807) is 0 Å². The van der Waals surface area contributed by atoms with E-state index in [1.807, 2.05) is 18.7 Å². The summed E-state index contributed by atoms with van der Waals surface area (Å²) >= 11 is 6.25. The average molecular weight is 258 g/mol. The Bertz CT molecular complexity index is 391. The number of aryl methyl sites for hydroxylation is 2. The Hall–Kier alpha value is -0.580. The van der Waals surface area contributed by atoms with Crippen LogP contribution < -0.4 is 0 Å². The Kier molecular flexibility index (Phi) is 4.07. The molecule has 1 aromatic heterocycles.